The predicted octanol–water partition coefficient (Wildman–Crippen LogP) is -3.86. The molecule has 13 nitrogen and oxygen atoms in total. The number of carbonyl (C=O) groups is 5. The van der Waals surface area contributed by atoms with E-state index in [1.165, 1.54) is 4.90 Å². The lowest BCUT2D eigenvalue weighted by molar-refractivity contribution is -0.134. The lowest BCUT2D eigenvalue weighted by Gasteiger charge is -2.21. The maximum atomic E-state index is 12.3. The van der Waals surface area contributed by atoms with Gasteiger partial charge in [0.05, 0.1) is 31.6 Å². The summed E-state index contributed by atoms with van der Waals surface area (Å²) >= 11 is 0. The molecule has 1 radical (unpaired) electrons. The topological polar surface area (TPSA) is 220 Å². The van der Waals surface area contributed by atoms with Crippen molar-refractivity contribution in [2.24, 2.45) is 17.2 Å². The quantitative estimate of drug-likeness (QED) is 0.142. The van der Waals surface area contributed by atoms with E-state index < -0.39 is 60.6 Å². The molecule has 1 aliphatic rings. The van der Waals surface area contributed by atoms with Crippen LogP contribution in [0.2, 0.25) is 0 Å². The van der Waals surface area contributed by atoms with Gasteiger partial charge >= 0.3 is 0 Å². The summed E-state index contributed by atoms with van der Waals surface area (Å²) < 4.78 is 0. The number of amides is 5. The Morgan fingerprint density at radius 2 is 1.78 bits per heavy atom. The van der Waals surface area contributed by atoms with Gasteiger partial charge in [-0.15, -0.1) is 0 Å². The Hall–Kier alpha value is -3.06. The van der Waals surface area contributed by atoms with Crippen molar-refractivity contribution >= 4 is 35.8 Å². The highest BCUT2D eigenvalue weighted by Crippen LogP contribution is 2.14. The molecule has 5 amide bonds. The van der Waals surface area contributed by atoms with E-state index in [9.17, 15) is 28.8 Å². The normalized spacial score (nSPS) is 17.2. The van der Waals surface area contributed by atoms with Crippen molar-refractivity contribution in [3.63, 3.8) is 0 Å². The first-order valence-electron chi connectivity index (χ1n) is 10.5. The lowest BCUT2D eigenvalue weighted by atomic mass is 10.1. The zero-order valence-electron chi connectivity index (χ0n) is 17.9. The van der Waals surface area contributed by atoms with E-state index in [-0.39, 0.29) is 6.54 Å². The third-order valence-corrected chi connectivity index (χ3v) is 4.91. The first kappa shape index (κ1) is 27.0. The van der Waals surface area contributed by atoms with Gasteiger partial charge in [-0.2, -0.15) is 0 Å². The molecular weight excluding hydrogens is 422 g/mol. The second kappa shape index (κ2) is 14.1. The summed E-state index contributed by atoms with van der Waals surface area (Å²) in [5, 5.41) is 6.98. The first-order valence-corrected chi connectivity index (χ1v) is 10.5. The van der Waals surface area contributed by atoms with Gasteiger partial charge in [0.1, 0.15) is 6.04 Å². The number of hydrogen-bond donors (Lipinski definition) is 6. The van der Waals surface area contributed by atoms with Crippen LogP contribution < -0.4 is 33.2 Å². The highest BCUT2D eigenvalue weighted by atomic mass is 16.2. The van der Waals surface area contributed by atoms with Crippen LogP contribution in [0, 0.1) is 0 Å². The van der Waals surface area contributed by atoms with Gasteiger partial charge < -0.3 is 38.1 Å². The van der Waals surface area contributed by atoms with E-state index >= 15 is 0 Å². The molecule has 179 valence electrons. The Morgan fingerprint density at radius 3 is 2.41 bits per heavy atom. The number of nitrogens with zero attached hydrogens (tertiary/aromatic N) is 1. The molecule has 1 fully saturated rings. The fraction of sp³-hybridized carbons (Fsp3) is 0.684. The molecule has 0 aromatic heterocycles. The average molecular weight is 455 g/mol. The maximum absolute atomic E-state index is 12.3. The molecule has 9 N–H and O–H groups in total. The van der Waals surface area contributed by atoms with Gasteiger partial charge in [-0.25, -0.2) is 0 Å². The van der Waals surface area contributed by atoms with Gasteiger partial charge in [-0.1, -0.05) is 6.42 Å². The van der Waals surface area contributed by atoms with Crippen molar-refractivity contribution in [2.45, 2.75) is 56.7 Å². The molecule has 0 aliphatic carbocycles. The first-order chi connectivity index (χ1) is 15.2. The van der Waals surface area contributed by atoms with Crippen molar-refractivity contribution < 1.29 is 28.8 Å². The Balaban J connectivity index is 2.49. The molecule has 1 heterocycles. The minimum atomic E-state index is -1.30. The summed E-state index contributed by atoms with van der Waals surface area (Å²) in [7, 11) is 0. The summed E-state index contributed by atoms with van der Waals surface area (Å²) in [6.45, 7) is 0.0338. The molecule has 32 heavy (non-hydrogen) atoms. The summed E-state index contributed by atoms with van der Waals surface area (Å²) in [6.07, 6.45) is 4.18. The Kier molecular flexibility index (Phi) is 11.9. The number of primary amides is 1. The molecule has 3 atom stereocenters. The van der Waals surface area contributed by atoms with Gasteiger partial charge in [-0.3, -0.25) is 28.8 Å². The minimum Gasteiger partial charge on any atom is -0.370 e. The molecule has 1 saturated heterocycles. The molecule has 0 aromatic rings. The Morgan fingerprint density at radius 1 is 1.06 bits per heavy atom. The molecule has 1 aliphatic heterocycles. The van der Waals surface area contributed by atoms with Crippen molar-refractivity contribution in [3.05, 3.63) is 0 Å². The fourth-order valence-corrected chi connectivity index (χ4v) is 3.15. The summed E-state index contributed by atoms with van der Waals surface area (Å²) in [5.74, 6) is -3.36. The zero-order chi connectivity index (χ0) is 24.1. The van der Waals surface area contributed by atoms with Gasteiger partial charge in [0.15, 0.2) is 0 Å². The molecule has 0 unspecified atom stereocenters. The minimum absolute atomic E-state index is 0.341. The molecular formula is C19H32N7O6. The van der Waals surface area contributed by atoms with Crippen LogP contribution in [0.15, 0.2) is 0 Å². The van der Waals surface area contributed by atoms with E-state index in [0.29, 0.717) is 45.2 Å². The molecule has 0 saturated carbocycles. The molecule has 0 bridgehead atoms. The van der Waals surface area contributed by atoms with Crippen LogP contribution >= 0.6 is 0 Å². The van der Waals surface area contributed by atoms with E-state index in [1.54, 1.807) is 6.29 Å². The third kappa shape index (κ3) is 9.39. The smallest absolute Gasteiger partial charge is 0.243 e. The molecule has 0 aromatic carbocycles. The number of nitrogens with two attached hydrogens (primary N) is 3. The number of likely N-dealkylation sites (tertiary alicyclic amines) is 1. The van der Waals surface area contributed by atoms with E-state index in [1.807, 2.05) is 0 Å². The fourth-order valence-electron chi connectivity index (χ4n) is 3.15. The number of hydrogen-bond acceptors (Lipinski definition) is 8. The van der Waals surface area contributed by atoms with E-state index in [0.717, 1.165) is 0 Å². The SMILES string of the molecule is NCCCC[C@H](N)C(=O)N[C@@H](CC(N)=O)C(=O)NCC(=O)NCC(=O)N1CCC[C@H]1[C]=O. The van der Waals surface area contributed by atoms with Crippen LogP contribution in [-0.2, 0) is 28.8 Å². The van der Waals surface area contributed by atoms with Crippen LogP contribution in [0.25, 0.3) is 0 Å². The van der Waals surface area contributed by atoms with Gasteiger partial charge in [-0.05, 0) is 32.2 Å². The van der Waals surface area contributed by atoms with Gasteiger partial charge in [0.2, 0.25) is 35.8 Å². The van der Waals surface area contributed by atoms with Crippen molar-refractivity contribution in [1.82, 2.24) is 20.9 Å². The summed E-state index contributed by atoms with van der Waals surface area (Å²) in [5.41, 5.74) is 16.3. The van der Waals surface area contributed by atoms with Crippen LogP contribution in [-0.4, -0.2) is 85.0 Å². The summed E-state index contributed by atoms with van der Waals surface area (Å²) in [4.78, 5) is 72.0. The van der Waals surface area contributed by atoms with Crippen LogP contribution in [0.1, 0.15) is 38.5 Å². The van der Waals surface area contributed by atoms with Gasteiger partial charge in [0.25, 0.3) is 0 Å². The standard InChI is InChI=1S/C19H32N7O6/c20-6-2-1-5-13(21)18(31)25-14(8-15(22)28)19(32)24-9-16(29)23-10-17(30)26-7-3-4-12(26)11-27/h12-14H,1-10,20-21H2,(H2,22,28)(H,23,29)(H,24,32)(H,25,31)/t12-,13-,14-/m0/s1. The zero-order valence-corrected chi connectivity index (χ0v) is 17.9. The monoisotopic (exact) mass is 454 g/mol. The third-order valence-electron chi connectivity index (χ3n) is 4.91. The lowest BCUT2D eigenvalue weighted by Crippen LogP contribution is -2.54. The number of rotatable bonds is 14. The Bertz CT molecular complexity index is 702. The molecule has 13 heteroatoms. The van der Waals surface area contributed by atoms with Gasteiger partial charge in [0, 0.05) is 6.54 Å². The van der Waals surface area contributed by atoms with Crippen LogP contribution in [0.4, 0.5) is 0 Å². The second-order valence-corrected chi connectivity index (χ2v) is 7.48. The number of unbranched alkanes of at least 4 members (excludes halogenated alkanes) is 1. The van der Waals surface area contributed by atoms with E-state index in [4.69, 9.17) is 17.2 Å². The van der Waals surface area contributed by atoms with Crippen LogP contribution in [0.5, 0.6) is 0 Å². The van der Waals surface area contributed by atoms with Crippen molar-refractivity contribution in [1.29, 1.82) is 0 Å². The second-order valence-electron chi connectivity index (χ2n) is 7.48. The predicted molar refractivity (Wildman–Crippen MR) is 113 cm³/mol. The maximum Gasteiger partial charge on any atom is 0.243 e. The van der Waals surface area contributed by atoms with Crippen LogP contribution in [0.3, 0.4) is 0 Å². The highest BCUT2D eigenvalue weighted by Gasteiger charge is 2.29. The number of nitrogens with one attached hydrogen (secondary N) is 3. The van der Waals surface area contributed by atoms with E-state index in [2.05, 4.69) is 16.0 Å². The highest BCUT2D eigenvalue weighted by molar-refractivity contribution is 5.95. The molecule has 1 rings (SSSR count). The molecule has 0 spiro atoms. The summed E-state index contributed by atoms with van der Waals surface area (Å²) in [6, 6.07) is -2.81. The van der Waals surface area contributed by atoms with Crippen molar-refractivity contribution in [2.75, 3.05) is 26.2 Å². The largest absolute Gasteiger partial charge is 0.370 e. The van der Waals surface area contributed by atoms with Crippen molar-refractivity contribution in [3.8, 4) is 0 Å². The number of carbonyl (C=O) groups excluding carboxylic acids is 6. The Labute approximate surface area is 186 Å². The average Bonchev–Trinajstić information content (AvgIpc) is 3.24.